The molecule has 0 saturated heterocycles. The van der Waals surface area contributed by atoms with E-state index in [4.69, 9.17) is 4.74 Å². The SMILES string of the molecule is CCOC(=O)C=CC(=O)OC(C)C(=O)Nc1ccc2c(c1)CCC2. The first-order valence-corrected chi connectivity index (χ1v) is 7.97. The third kappa shape index (κ3) is 4.94. The molecular formula is C18H21NO5. The van der Waals surface area contributed by atoms with Crippen LogP contribution in [0.5, 0.6) is 0 Å². The molecule has 1 aliphatic rings. The van der Waals surface area contributed by atoms with Crippen LogP contribution < -0.4 is 5.32 Å². The molecule has 0 fully saturated rings. The van der Waals surface area contributed by atoms with E-state index in [0.29, 0.717) is 5.69 Å². The first-order chi connectivity index (χ1) is 11.5. The summed E-state index contributed by atoms with van der Waals surface area (Å²) in [7, 11) is 0. The zero-order valence-electron chi connectivity index (χ0n) is 13.8. The topological polar surface area (TPSA) is 81.7 Å². The molecule has 0 spiro atoms. The van der Waals surface area contributed by atoms with E-state index in [9.17, 15) is 14.4 Å². The molecule has 2 rings (SSSR count). The Balaban J connectivity index is 1.85. The van der Waals surface area contributed by atoms with Crippen LogP contribution >= 0.6 is 0 Å². The summed E-state index contributed by atoms with van der Waals surface area (Å²) in [6.07, 6.45) is 4.16. The van der Waals surface area contributed by atoms with Gasteiger partial charge in [0.05, 0.1) is 6.61 Å². The Morgan fingerprint density at radius 3 is 2.62 bits per heavy atom. The summed E-state index contributed by atoms with van der Waals surface area (Å²) in [5.74, 6) is -1.84. The monoisotopic (exact) mass is 331 g/mol. The molecule has 0 saturated carbocycles. The lowest BCUT2D eigenvalue weighted by molar-refractivity contribution is -0.148. The van der Waals surface area contributed by atoms with Crippen molar-refractivity contribution in [1.29, 1.82) is 0 Å². The number of amides is 1. The molecule has 24 heavy (non-hydrogen) atoms. The van der Waals surface area contributed by atoms with Crippen LogP contribution in [-0.2, 0) is 36.7 Å². The van der Waals surface area contributed by atoms with E-state index in [2.05, 4.69) is 10.1 Å². The van der Waals surface area contributed by atoms with Gasteiger partial charge >= 0.3 is 11.9 Å². The highest BCUT2D eigenvalue weighted by Crippen LogP contribution is 2.24. The van der Waals surface area contributed by atoms with Gasteiger partial charge in [-0.15, -0.1) is 0 Å². The van der Waals surface area contributed by atoms with Crippen molar-refractivity contribution < 1.29 is 23.9 Å². The lowest BCUT2D eigenvalue weighted by Gasteiger charge is -2.13. The van der Waals surface area contributed by atoms with Crippen molar-refractivity contribution >= 4 is 23.5 Å². The van der Waals surface area contributed by atoms with Crippen molar-refractivity contribution in [1.82, 2.24) is 0 Å². The van der Waals surface area contributed by atoms with Gasteiger partial charge in [-0.2, -0.15) is 0 Å². The molecule has 0 bridgehead atoms. The molecule has 1 amide bonds. The standard InChI is InChI=1S/C18H21NO5/c1-3-23-16(20)9-10-17(21)24-12(2)18(22)19-15-8-7-13-5-4-6-14(13)11-15/h7-12H,3-6H2,1-2H3,(H,19,22). The van der Waals surface area contributed by atoms with E-state index < -0.39 is 23.9 Å². The Bertz CT molecular complexity index is 665. The summed E-state index contributed by atoms with van der Waals surface area (Å²) < 4.78 is 9.61. The molecule has 1 atom stereocenters. The highest BCUT2D eigenvalue weighted by molar-refractivity contribution is 5.97. The maximum Gasteiger partial charge on any atom is 0.331 e. The van der Waals surface area contributed by atoms with Gasteiger partial charge in [0.25, 0.3) is 5.91 Å². The molecule has 0 radical (unpaired) electrons. The van der Waals surface area contributed by atoms with Crippen molar-refractivity contribution in [2.24, 2.45) is 0 Å². The number of benzene rings is 1. The Hall–Kier alpha value is -2.63. The molecule has 6 nitrogen and oxygen atoms in total. The summed E-state index contributed by atoms with van der Waals surface area (Å²) in [5, 5.41) is 2.73. The van der Waals surface area contributed by atoms with Gasteiger partial charge in [-0.3, -0.25) is 4.79 Å². The number of nitrogens with one attached hydrogen (secondary N) is 1. The van der Waals surface area contributed by atoms with Crippen molar-refractivity contribution in [3.8, 4) is 0 Å². The minimum Gasteiger partial charge on any atom is -0.463 e. The highest BCUT2D eigenvalue weighted by Gasteiger charge is 2.18. The number of fused-ring (bicyclic) bond motifs is 1. The Labute approximate surface area is 140 Å². The average Bonchev–Trinajstić information content (AvgIpc) is 3.00. The average molecular weight is 331 g/mol. The molecule has 1 aromatic rings. The van der Waals surface area contributed by atoms with Crippen LogP contribution in [0.15, 0.2) is 30.4 Å². The van der Waals surface area contributed by atoms with Crippen LogP contribution in [0.4, 0.5) is 5.69 Å². The summed E-state index contributed by atoms with van der Waals surface area (Å²) in [5.41, 5.74) is 3.25. The predicted octanol–water partition coefficient (Wildman–Crippen LogP) is 2.16. The van der Waals surface area contributed by atoms with Gasteiger partial charge in [-0.1, -0.05) is 6.07 Å². The molecular weight excluding hydrogens is 310 g/mol. The third-order valence-corrected chi connectivity index (χ3v) is 3.67. The van der Waals surface area contributed by atoms with Gasteiger partial charge in [0.2, 0.25) is 0 Å². The van der Waals surface area contributed by atoms with Crippen LogP contribution in [0, 0.1) is 0 Å². The molecule has 128 valence electrons. The van der Waals surface area contributed by atoms with Crippen molar-refractivity contribution in [2.75, 3.05) is 11.9 Å². The second-order valence-corrected chi connectivity index (χ2v) is 5.49. The van der Waals surface area contributed by atoms with E-state index in [1.165, 1.54) is 18.1 Å². The van der Waals surface area contributed by atoms with Crippen LogP contribution in [0.2, 0.25) is 0 Å². The number of hydrogen-bond acceptors (Lipinski definition) is 5. The first-order valence-electron chi connectivity index (χ1n) is 7.97. The fourth-order valence-electron chi connectivity index (χ4n) is 2.49. The van der Waals surface area contributed by atoms with Gasteiger partial charge in [0.15, 0.2) is 6.10 Å². The number of rotatable bonds is 6. The van der Waals surface area contributed by atoms with Crippen LogP contribution in [0.1, 0.15) is 31.4 Å². The maximum atomic E-state index is 12.1. The number of ether oxygens (including phenoxy) is 2. The Morgan fingerprint density at radius 2 is 1.88 bits per heavy atom. The third-order valence-electron chi connectivity index (χ3n) is 3.67. The Morgan fingerprint density at radius 1 is 1.17 bits per heavy atom. The molecule has 1 aromatic carbocycles. The molecule has 0 heterocycles. The predicted molar refractivity (Wildman–Crippen MR) is 88.4 cm³/mol. The Kier molecular flexibility index (Phi) is 6.12. The smallest absolute Gasteiger partial charge is 0.331 e. The van der Waals surface area contributed by atoms with Crippen LogP contribution in [-0.4, -0.2) is 30.6 Å². The summed E-state index contributed by atoms with van der Waals surface area (Å²) in [6.45, 7) is 3.35. The van der Waals surface area contributed by atoms with E-state index in [-0.39, 0.29) is 6.61 Å². The summed E-state index contributed by atoms with van der Waals surface area (Å²) in [6, 6.07) is 5.81. The zero-order valence-corrected chi connectivity index (χ0v) is 13.8. The minimum absolute atomic E-state index is 0.220. The highest BCUT2D eigenvalue weighted by atomic mass is 16.5. The van der Waals surface area contributed by atoms with E-state index in [1.807, 2.05) is 18.2 Å². The molecule has 1 aliphatic carbocycles. The quantitative estimate of drug-likeness (QED) is 0.638. The second kappa shape index (κ2) is 8.29. The lowest BCUT2D eigenvalue weighted by atomic mass is 10.1. The number of carbonyl (C=O) groups is 3. The first kappa shape index (κ1) is 17.7. The van der Waals surface area contributed by atoms with Gasteiger partial charge in [-0.25, -0.2) is 9.59 Å². The second-order valence-electron chi connectivity index (χ2n) is 5.49. The number of anilines is 1. The van der Waals surface area contributed by atoms with Gasteiger partial charge in [-0.05, 0) is 56.4 Å². The van der Waals surface area contributed by atoms with E-state index >= 15 is 0 Å². The fraction of sp³-hybridized carbons (Fsp3) is 0.389. The minimum atomic E-state index is -0.974. The molecule has 0 aromatic heterocycles. The molecule has 0 aliphatic heterocycles. The summed E-state index contributed by atoms with van der Waals surface area (Å²) >= 11 is 0. The molecule has 1 unspecified atom stereocenters. The summed E-state index contributed by atoms with van der Waals surface area (Å²) in [4.78, 5) is 34.8. The normalized spacial score (nSPS) is 14.1. The van der Waals surface area contributed by atoms with Gasteiger partial charge in [0.1, 0.15) is 0 Å². The van der Waals surface area contributed by atoms with Crippen molar-refractivity contribution in [3.63, 3.8) is 0 Å². The number of carbonyl (C=O) groups excluding carboxylic acids is 3. The number of esters is 2. The lowest BCUT2D eigenvalue weighted by Crippen LogP contribution is -2.29. The number of hydrogen-bond donors (Lipinski definition) is 1. The van der Waals surface area contributed by atoms with Gasteiger partial charge < -0.3 is 14.8 Å². The molecule has 6 heteroatoms. The fourth-order valence-corrected chi connectivity index (χ4v) is 2.49. The van der Waals surface area contributed by atoms with Crippen LogP contribution in [0.25, 0.3) is 0 Å². The van der Waals surface area contributed by atoms with Crippen molar-refractivity contribution in [3.05, 3.63) is 41.5 Å². The van der Waals surface area contributed by atoms with E-state index in [1.54, 1.807) is 6.92 Å². The van der Waals surface area contributed by atoms with E-state index in [0.717, 1.165) is 31.4 Å². The number of aryl methyl sites for hydroxylation is 2. The van der Waals surface area contributed by atoms with Crippen LogP contribution in [0.3, 0.4) is 0 Å². The van der Waals surface area contributed by atoms with Crippen molar-refractivity contribution in [2.45, 2.75) is 39.2 Å². The molecule has 1 N–H and O–H groups in total. The zero-order chi connectivity index (χ0) is 17.5. The largest absolute Gasteiger partial charge is 0.463 e. The van der Waals surface area contributed by atoms with Gasteiger partial charge in [0, 0.05) is 17.8 Å². The maximum absolute atomic E-state index is 12.1.